The number of hydrogen-bond donors (Lipinski definition) is 1. The van der Waals surface area contributed by atoms with E-state index in [1.807, 2.05) is 0 Å². The van der Waals surface area contributed by atoms with Crippen molar-refractivity contribution in [2.24, 2.45) is 0 Å². The lowest BCUT2D eigenvalue weighted by atomic mass is 10.1. The Labute approximate surface area is 153 Å². The van der Waals surface area contributed by atoms with E-state index in [1.165, 1.54) is 0 Å². The first-order valence-electron chi connectivity index (χ1n) is 6.66. The normalized spacial score (nSPS) is 12.0. The molecule has 23 heavy (non-hydrogen) atoms. The molecule has 0 aliphatic carbocycles. The largest absolute Gasteiger partial charge is 0.479 e. The van der Waals surface area contributed by atoms with Gasteiger partial charge in [0.2, 0.25) is 0 Å². The maximum atomic E-state index is 11.1. The van der Waals surface area contributed by atoms with Crippen molar-refractivity contribution in [3.05, 3.63) is 50.4 Å². The maximum Gasteiger partial charge on any atom is 0.344 e. The summed E-state index contributed by atoms with van der Waals surface area (Å²) in [6.07, 6.45) is -0.732. The third-order valence-corrected chi connectivity index (χ3v) is 4.10. The molecule has 0 bridgehead atoms. The number of rotatable bonds is 5. The number of benzene rings is 2. The minimum atomic E-state index is -1.08. The molecule has 0 radical (unpaired) electrons. The summed E-state index contributed by atoms with van der Waals surface area (Å²) < 4.78 is 5.41. The molecule has 1 atom stereocenters. The summed E-state index contributed by atoms with van der Waals surface area (Å²) in [7, 11) is 0. The monoisotopic (exact) mass is 392 g/mol. The number of aliphatic carboxylic acids is 1. The fourth-order valence-corrected chi connectivity index (χ4v) is 3.11. The molecule has 0 spiro atoms. The van der Waals surface area contributed by atoms with Crippen LogP contribution in [0.1, 0.15) is 13.3 Å². The molecule has 0 saturated carbocycles. The average molecular weight is 394 g/mol. The van der Waals surface area contributed by atoms with E-state index in [1.54, 1.807) is 37.3 Å². The Balaban J connectivity index is 2.42. The van der Waals surface area contributed by atoms with Crippen molar-refractivity contribution >= 4 is 52.4 Å². The maximum absolute atomic E-state index is 11.1. The molecule has 0 heterocycles. The minimum absolute atomic E-state index is 0.138. The van der Waals surface area contributed by atoms with Crippen LogP contribution >= 0.6 is 46.4 Å². The zero-order valence-corrected chi connectivity index (χ0v) is 15.0. The number of carbonyl (C=O) groups is 1. The van der Waals surface area contributed by atoms with Crippen LogP contribution in [0.25, 0.3) is 11.1 Å². The molecule has 1 N–H and O–H groups in total. The molecular weight excluding hydrogens is 382 g/mol. The highest BCUT2D eigenvalue weighted by atomic mass is 35.5. The van der Waals surface area contributed by atoms with Gasteiger partial charge in [0.05, 0.1) is 10.0 Å². The molecule has 122 valence electrons. The Morgan fingerprint density at radius 2 is 1.48 bits per heavy atom. The molecule has 1 unspecified atom stereocenters. The second-order valence-electron chi connectivity index (χ2n) is 4.78. The Hall–Kier alpha value is -1.13. The van der Waals surface area contributed by atoms with E-state index < -0.39 is 12.1 Å². The van der Waals surface area contributed by atoms with Crippen molar-refractivity contribution in [2.75, 3.05) is 0 Å². The predicted octanol–water partition coefficient (Wildman–Crippen LogP) is 6.21. The first-order chi connectivity index (χ1) is 10.8. The van der Waals surface area contributed by atoms with Crippen LogP contribution in [0.15, 0.2) is 30.3 Å². The van der Waals surface area contributed by atoms with Crippen LogP contribution in [0.2, 0.25) is 20.1 Å². The van der Waals surface area contributed by atoms with Gasteiger partial charge in [-0.05, 0) is 47.9 Å². The van der Waals surface area contributed by atoms with E-state index in [0.717, 1.165) is 5.56 Å². The molecule has 2 rings (SSSR count). The molecule has 0 fully saturated rings. The van der Waals surface area contributed by atoms with Crippen molar-refractivity contribution in [1.82, 2.24) is 0 Å². The number of ether oxygens (including phenoxy) is 1. The topological polar surface area (TPSA) is 46.5 Å². The van der Waals surface area contributed by atoms with Crippen LogP contribution in [-0.2, 0) is 4.79 Å². The van der Waals surface area contributed by atoms with Gasteiger partial charge in [0.1, 0.15) is 0 Å². The third-order valence-electron chi connectivity index (χ3n) is 3.10. The van der Waals surface area contributed by atoms with E-state index in [9.17, 15) is 4.79 Å². The Morgan fingerprint density at radius 3 is 1.91 bits per heavy atom. The highest BCUT2D eigenvalue weighted by Gasteiger charge is 2.21. The Kier molecular flexibility index (Phi) is 6.04. The summed E-state index contributed by atoms with van der Waals surface area (Å²) in [6, 6.07) is 8.31. The Bertz CT molecular complexity index is 703. The van der Waals surface area contributed by atoms with Gasteiger partial charge in [-0.25, -0.2) is 4.79 Å². The average Bonchev–Trinajstić information content (AvgIpc) is 2.45. The van der Waals surface area contributed by atoms with Crippen LogP contribution in [-0.4, -0.2) is 17.2 Å². The van der Waals surface area contributed by atoms with E-state index in [4.69, 9.17) is 56.2 Å². The third kappa shape index (κ3) is 4.45. The zero-order chi connectivity index (χ0) is 17.1. The Morgan fingerprint density at radius 1 is 1.00 bits per heavy atom. The van der Waals surface area contributed by atoms with E-state index in [2.05, 4.69) is 0 Å². The van der Waals surface area contributed by atoms with Gasteiger partial charge in [-0.15, -0.1) is 0 Å². The van der Waals surface area contributed by atoms with Crippen molar-refractivity contribution in [3.63, 3.8) is 0 Å². The summed E-state index contributed by atoms with van der Waals surface area (Å²) in [5.41, 5.74) is 1.43. The van der Waals surface area contributed by atoms with Gasteiger partial charge in [-0.1, -0.05) is 53.3 Å². The van der Waals surface area contributed by atoms with Gasteiger partial charge in [0.15, 0.2) is 11.9 Å². The minimum Gasteiger partial charge on any atom is -0.479 e. The van der Waals surface area contributed by atoms with Gasteiger partial charge in [0.25, 0.3) is 0 Å². The molecular formula is C16H12Cl4O3. The second kappa shape index (κ2) is 7.63. The van der Waals surface area contributed by atoms with E-state index in [0.29, 0.717) is 15.6 Å². The van der Waals surface area contributed by atoms with Crippen LogP contribution in [0.4, 0.5) is 0 Å². The van der Waals surface area contributed by atoms with Gasteiger partial charge < -0.3 is 9.84 Å². The molecule has 0 aliphatic rings. The predicted molar refractivity (Wildman–Crippen MR) is 94.3 cm³/mol. The highest BCUT2D eigenvalue weighted by molar-refractivity contribution is 6.38. The van der Waals surface area contributed by atoms with Gasteiger partial charge in [-0.2, -0.15) is 0 Å². The summed E-state index contributed by atoms with van der Waals surface area (Å²) in [5.74, 6) is -0.940. The quantitative estimate of drug-likeness (QED) is 0.656. The van der Waals surface area contributed by atoms with Gasteiger partial charge >= 0.3 is 5.97 Å². The molecule has 0 aliphatic heterocycles. The summed E-state index contributed by atoms with van der Waals surface area (Å²) in [5, 5.41) is 10.5. The first kappa shape index (κ1) is 18.2. The lowest BCUT2D eigenvalue weighted by molar-refractivity contribution is -0.145. The summed E-state index contributed by atoms with van der Waals surface area (Å²) >= 11 is 24.4. The van der Waals surface area contributed by atoms with Crippen LogP contribution in [0, 0.1) is 0 Å². The fraction of sp³-hybridized carbons (Fsp3) is 0.188. The number of carboxylic acid groups (broad SMARTS) is 1. The van der Waals surface area contributed by atoms with Crippen molar-refractivity contribution < 1.29 is 14.6 Å². The van der Waals surface area contributed by atoms with Gasteiger partial charge in [0, 0.05) is 10.0 Å². The highest BCUT2D eigenvalue weighted by Crippen LogP contribution is 2.39. The second-order valence-corrected chi connectivity index (χ2v) is 6.47. The number of carboxylic acids is 1. The van der Waals surface area contributed by atoms with Gasteiger partial charge in [-0.3, -0.25) is 0 Å². The fourth-order valence-electron chi connectivity index (χ4n) is 2.01. The number of hydrogen-bond acceptors (Lipinski definition) is 2. The molecule has 2 aromatic rings. The molecule has 0 amide bonds. The number of halogens is 4. The first-order valence-corrected chi connectivity index (χ1v) is 8.18. The molecule has 0 aromatic heterocycles. The van der Waals surface area contributed by atoms with E-state index in [-0.39, 0.29) is 22.2 Å². The molecule has 3 nitrogen and oxygen atoms in total. The van der Waals surface area contributed by atoms with Crippen LogP contribution < -0.4 is 4.74 Å². The van der Waals surface area contributed by atoms with Crippen molar-refractivity contribution in [1.29, 1.82) is 0 Å². The lowest BCUT2D eigenvalue weighted by Crippen LogP contribution is -2.26. The van der Waals surface area contributed by atoms with Crippen molar-refractivity contribution in [3.8, 4) is 16.9 Å². The van der Waals surface area contributed by atoms with Crippen molar-refractivity contribution in [2.45, 2.75) is 19.4 Å². The van der Waals surface area contributed by atoms with E-state index >= 15 is 0 Å². The SMILES string of the molecule is CCC(Oc1c(Cl)cc(-c2cc(Cl)cc(Cl)c2)cc1Cl)C(=O)O. The zero-order valence-electron chi connectivity index (χ0n) is 11.9. The molecule has 0 saturated heterocycles. The lowest BCUT2D eigenvalue weighted by Gasteiger charge is -2.16. The smallest absolute Gasteiger partial charge is 0.344 e. The standard InChI is InChI=1S/C16H12Cl4O3/c1-2-14(16(21)22)23-15-12(19)5-9(6-13(15)20)8-3-10(17)7-11(18)4-8/h3-7,14H,2H2,1H3,(H,21,22). The summed E-state index contributed by atoms with van der Waals surface area (Å²) in [6.45, 7) is 1.70. The van der Waals surface area contributed by atoms with Crippen LogP contribution in [0.5, 0.6) is 5.75 Å². The summed E-state index contributed by atoms with van der Waals surface area (Å²) in [4.78, 5) is 11.1. The van der Waals surface area contributed by atoms with Crippen LogP contribution in [0.3, 0.4) is 0 Å². The molecule has 7 heteroatoms. The molecule has 2 aromatic carbocycles.